The molecule has 0 aliphatic rings. The Kier molecular flexibility index (Phi) is 10.0. The maximum Gasteiger partial charge on any atom is 0.261 e. The first kappa shape index (κ1) is 27.8. The fourth-order valence-corrected chi connectivity index (χ4v) is 5.51. The summed E-state index contributed by atoms with van der Waals surface area (Å²) in [4.78, 5) is 13.1. The molecule has 3 aromatic carbocycles. The predicted molar refractivity (Wildman–Crippen MR) is 150 cm³/mol. The minimum atomic E-state index is -3.55. The fraction of sp³-hybridized carbons (Fsp3) is 0.231. The summed E-state index contributed by atoms with van der Waals surface area (Å²) in [5.74, 6) is 0.0182. The molecule has 2 N–H and O–H groups in total. The number of hydrogen-bond donors (Lipinski definition) is 2. The van der Waals surface area contributed by atoms with Crippen LogP contribution in [0.5, 0.6) is 5.75 Å². The SMILES string of the molecule is CCN(CC)S(=O)(=O)c1ccc(NC(=S)NC(=O)c2cc(Br)ccc2OCCc2ccccc2)cc1. The summed E-state index contributed by atoms with van der Waals surface area (Å²) in [7, 11) is -3.55. The van der Waals surface area contributed by atoms with Crippen molar-refractivity contribution in [3.8, 4) is 5.75 Å². The summed E-state index contributed by atoms with van der Waals surface area (Å²) in [6.45, 7) is 4.79. The van der Waals surface area contributed by atoms with Crippen molar-refractivity contribution in [2.45, 2.75) is 25.2 Å². The van der Waals surface area contributed by atoms with Crippen LogP contribution in [0.1, 0.15) is 29.8 Å². The molecule has 10 heteroatoms. The van der Waals surface area contributed by atoms with E-state index in [9.17, 15) is 13.2 Å². The van der Waals surface area contributed by atoms with E-state index >= 15 is 0 Å². The third kappa shape index (κ3) is 7.36. The van der Waals surface area contributed by atoms with Gasteiger partial charge in [-0.2, -0.15) is 4.31 Å². The molecule has 0 radical (unpaired) electrons. The van der Waals surface area contributed by atoms with E-state index in [2.05, 4.69) is 26.6 Å². The molecule has 0 aliphatic carbocycles. The van der Waals surface area contributed by atoms with Gasteiger partial charge in [0, 0.05) is 29.7 Å². The first-order valence-electron chi connectivity index (χ1n) is 11.4. The van der Waals surface area contributed by atoms with E-state index in [-0.39, 0.29) is 10.0 Å². The number of sulfonamides is 1. The lowest BCUT2D eigenvalue weighted by atomic mass is 10.1. The number of ether oxygens (including phenoxy) is 1. The van der Waals surface area contributed by atoms with Gasteiger partial charge < -0.3 is 10.1 Å². The topological polar surface area (TPSA) is 87.7 Å². The van der Waals surface area contributed by atoms with Gasteiger partial charge in [-0.3, -0.25) is 10.1 Å². The number of carbonyl (C=O) groups is 1. The lowest BCUT2D eigenvalue weighted by Gasteiger charge is -2.18. The lowest BCUT2D eigenvalue weighted by Crippen LogP contribution is -2.34. The highest BCUT2D eigenvalue weighted by molar-refractivity contribution is 9.10. The van der Waals surface area contributed by atoms with Gasteiger partial charge in [0.15, 0.2) is 5.11 Å². The quantitative estimate of drug-likeness (QED) is 0.315. The third-order valence-electron chi connectivity index (χ3n) is 5.36. The Morgan fingerprint density at radius 1 is 1.00 bits per heavy atom. The number of thiocarbonyl (C=S) groups is 1. The molecular weight excluding hydrogens is 562 g/mol. The molecule has 0 unspecified atom stereocenters. The molecule has 1 amide bonds. The highest BCUT2D eigenvalue weighted by Gasteiger charge is 2.21. The maximum atomic E-state index is 13.0. The maximum absolute atomic E-state index is 13.0. The van der Waals surface area contributed by atoms with Gasteiger partial charge >= 0.3 is 0 Å². The molecule has 0 heterocycles. The molecule has 0 bridgehead atoms. The van der Waals surface area contributed by atoms with Crippen molar-refractivity contribution in [3.63, 3.8) is 0 Å². The molecule has 0 aromatic heterocycles. The van der Waals surface area contributed by atoms with E-state index in [0.29, 0.717) is 43.1 Å². The Morgan fingerprint density at radius 3 is 2.31 bits per heavy atom. The smallest absolute Gasteiger partial charge is 0.261 e. The zero-order chi connectivity index (χ0) is 26.1. The molecule has 3 aromatic rings. The second kappa shape index (κ2) is 13.0. The van der Waals surface area contributed by atoms with Crippen LogP contribution in [0.15, 0.2) is 82.2 Å². The molecule has 7 nitrogen and oxygen atoms in total. The average Bonchev–Trinajstić information content (AvgIpc) is 2.86. The highest BCUT2D eigenvalue weighted by atomic mass is 79.9. The van der Waals surface area contributed by atoms with E-state index < -0.39 is 15.9 Å². The zero-order valence-corrected chi connectivity index (χ0v) is 23.3. The van der Waals surface area contributed by atoms with E-state index in [1.807, 2.05) is 30.3 Å². The van der Waals surface area contributed by atoms with Gasteiger partial charge in [-0.25, -0.2) is 8.42 Å². The van der Waals surface area contributed by atoms with Crippen molar-refractivity contribution in [1.29, 1.82) is 0 Å². The van der Waals surface area contributed by atoms with Crippen molar-refractivity contribution in [1.82, 2.24) is 9.62 Å². The number of nitrogens with zero attached hydrogens (tertiary/aromatic N) is 1. The standard InChI is InChI=1S/C26H28BrN3O4S2/c1-3-30(4-2)36(32,33)22-13-11-21(12-14-22)28-26(35)29-25(31)23-18-20(27)10-15-24(23)34-17-16-19-8-6-5-7-9-19/h5-15,18H,3-4,16-17H2,1-2H3,(H2,28,29,31,35). The van der Waals surface area contributed by atoms with Gasteiger partial charge in [-0.05, 0) is 60.2 Å². The molecule has 3 rings (SSSR count). The highest BCUT2D eigenvalue weighted by Crippen LogP contribution is 2.24. The Balaban J connectivity index is 1.63. The molecular formula is C26H28BrN3O4S2. The van der Waals surface area contributed by atoms with Crippen LogP contribution < -0.4 is 15.4 Å². The van der Waals surface area contributed by atoms with Crippen LogP contribution in [0.25, 0.3) is 0 Å². The van der Waals surface area contributed by atoms with Gasteiger partial charge in [-0.15, -0.1) is 0 Å². The van der Waals surface area contributed by atoms with Crippen LogP contribution in [-0.2, 0) is 16.4 Å². The molecule has 0 aliphatic heterocycles. The number of amides is 1. The number of hydrogen-bond acceptors (Lipinski definition) is 5. The predicted octanol–water partition coefficient (Wildman–Crippen LogP) is 5.23. The summed E-state index contributed by atoms with van der Waals surface area (Å²) < 4.78 is 33.3. The number of rotatable bonds is 10. The lowest BCUT2D eigenvalue weighted by molar-refractivity contribution is 0.0973. The van der Waals surface area contributed by atoms with Gasteiger partial charge in [-0.1, -0.05) is 60.1 Å². The Labute approximate surface area is 226 Å². The van der Waals surface area contributed by atoms with Crippen LogP contribution in [0, 0.1) is 0 Å². The van der Waals surface area contributed by atoms with Crippen molar-refractivity contribution in [3.05, 3.63) is 88.4 Å². The Hall–Kier alpha value is -2.79. The average molecular weight is 591 g/mol. The summed E-state index contributed by atoms with van der Waals surface area (Å²) >= 11 is 8.70. The van der Waals surface area contributed by atoms with Crippen molar-refractivity contribution < 1.29 is 17.9 Å². The van der Waals surface area contributed by atoms with E-state index in [4.69, 9.17) is 17.0 Å². The van der Waals surface area contributed by atoms with Gasteiger partial charge in [0.05, 0.1) is 17.1 Å². The Bertz CT molecular complexity index is 1300. The van der Waals surface area contributed by atoms with Crippen LogP contribution in [0.2, 0.25) is 0 Å². The van der Waals surface area contributed by atoms with Crippen molar-refractivity contribution >= 4 is 54.9 Å². The van der Waals surface area contributed by atoms with Gasteiger partial charge in [0.2, 0.25) is 10.0 Å². The molecule has 0 atom stereocenters. The molecule has 190 valence electrons. The first-order chi connectivity index (χ1) is 17.2. The number of halogens is 1. The van der Waals surface area contributed by atoms with Crippen LogP contribution in [-0.4, -0.2) is 43.4 Å². The molecule has 0 saturated carbocycles. The van der Waals surface area contributed by atoms with Gasteiger partial charge in [0.1, 0.15) is 5.75 Å². The van der Waals surface area contributed by atoms with Crippen molar-refractivity contribution in [2.75, 3.05) is 25.0 Å². The van der Waals surface area contributed by atoms with Crippen molar-refractivity contribution in [2.24, 2.45) is 0 Å². The number of anilines is 1. The number of carbonyl (C=O) groups excluding carboxylic acids is 1. The van der Waals surface area contributed by atoms with Crippen LogP contribution in [0.4, 0.5) is 5.69 Å². The van der Waals surface area contributed by atoms with E-state index in [0.717, 1.165) is 10.0 Å². The fourth-order valence-electron chi connectivity index (χ4n) is 3.48. The summed E-state index contributed by atoms with van der Waals surface area (Å²) in [6.07, 6.45) is 0.706. The summed E-state index contributed by atoms with van der Waals surface area (Å²) in [6, 6.07) is 21.4. The van der Waals surface area contributed by atoms with E-state index in [1.165, 1.54) is 16.4 Å². The van der Waals surface area contributed by atoms with Gasteiger partial charge in [0.25, 0.3) is 5.91 Å². The minimum absolute atomic E-state index is 0.0783. The van der Waals surface area contributed by atoms with E-state index in [1.54, 1.807) is 44.2 Å². The third-order valence-corrected chi connectivity index (χ3v) is 8.12. The largest absolute Gasteiger partial charge is 0.492 e. The monoisotopic (exact) mass is 589 g/mol. The second-order valence-electron chi connectivity index (χ2n) is 7.75. The molecule has 0 spiro atoms. The Morgan fingerprint density at radius 2 is 1.67 bits per heavy atom. The second-order valence-corrected chi connectivity index (χ2v) is 11.0. The summed E-state index contributed by atoms with van der Waals surface area (Å²) in [5, 5.41) is 5.65. The van der Waals surface area contributed by atoms with Crippen LogP contribution in [0.3, 0.4) is 0 Å². The molecule has 0 fully saturated rings. The normalized spacial score (nSPS) is 11.2. The zero-order valence-electron chi connectivity index (χ0n) is 20.0. The van der Waals surface area contributed by atoms with Crippen LogP contribution >= 0.6 is 28.1 Å². The number of benzene rings is 3. The number of nitrogens with one attached hydrogen (secondary N) is 2. The molecule has 0 saturated heterocycles. The minimum Gasteiger partial charge on any atom is -0.492 e. The summed E-state index contributed by atoms with van der Waals surface area (Å²) in [5.41, 5.74) is 2.02. The molecule has 36 heavy (non-hydrogen) atoms. The first-order valence-corrected chi connectivity index (χ1v) is 14.1.